The fraction of sp³-hybridized carbons (Fsp3) is 0.364. The minimum absolute atomic E-state index is 0.589. The Morgan fingerprint density at radius 2 is 2.29 bits per heavy atom. The number of nitrogens with zero attached hydrogens (tertiary/aromatic N) is 3. The first-order valence-corrected chi connectivity index (χ1v) is 6.39. The van der Waals surface area contributed by atoms with E-state index in [1.165, 1.54) is 11.8 Å². The quantitative estimate of drug-likeness (QED) is 0.822. The van der Waals surface area contributed by atoms with Crippen LogP contribution >= 0.6 is 11.8 Å². The Labute approximate surface area is 104 Å². The number of aromatic nitrogens is 3. The van der Waals surface area contributed by atoms with E-state index >= 15 is 0 Å². The Morgan fingerprint density at radius 3 is 3.00 bits per heavy atom. The first-order valence-electron chi connectivity index (χ1n) is 5.40. The standard InChI is InChI=1S/C11H14N4OS/c1-3-12-10-9(5-4-6-13-10)7-17-11-15-14-8(2)16-11/h4-6H,3,7H2,1-2H3,(H,12,13). The second-order valence-electron chi connectivity index (χ2n) is 3.42. The van der Waals surface area contributed by atoms with E-state index in [2.05, 4.69) is 20.5 Å². The molecule has 0 atom stereocenters. The summed E-state index contributed by atoms with van der Waals surface area (Å²) >= 11 is 1.51. The highest BCUT2D eigenvalue weighted by Gasteiger charge is 2.07. The van der Waals surface area contributed by atoms with Gasteiger partial charge in [-0.15, -0.1) is 10.2 Å². The third-order valence-electron chi connectivity index (χ3n) is 2.09. The molecule has 5 nitrogen and oxygen atoms in total. The van der Waals surface area contributed by atoms with E-state index in [4.69, 9.17) is 4.42 Å². The van der Waals surface area contributed by atoms with Crippen LogP contribution in [0.5, 0.6) is 0 Å². The molecular weight excluding hydrogens is 236 g/mol. The Bertz CT molecular complexity index is 486. The zero-order valence-corrected chi connectivity index (χ0v) is 10.6. The number of hydrogen-bond donors (Lipinski definition) is 1. The van der Waals surface area contributed by atoms with Crippen LogP contribution < -0.4 is 5.32 Å². The molecule has 0 aliphatic rings. The largest absolute Gasteiger partial charge is 0.416 e. The minimum atomic E-state index is 0.589. The summed E-state index contributed by atoms with van der Waals surface area (Å²) in [5.74, 6) is 2.27. The molecule has 2 aromatic rings. The molecule has 0 aliphatic carbocycles. The number of anilines is 1. The van der Waals surface area contributed by atoms with Gasteiger partial charge in [-0.1, -0.05) is 17.8 Å². The van der Waals surface area contributed by atoms with Gasteiger partial charge in [-0.05, 0) is 13.0 Å². The van der Waals surface area contributed by atoms with Crippen LogP contribution in [0.3, 0.4) is 0 Å². The summed E-state index contributed by atoms with van der Waals surface area (Å²) in [6.07, 6.45) is 1.78. The zero-order chi connectivity index (χ0) is 12.1. The van der Waals surface area contributed by atoms with Crippen molar-refractivity contribution < 1.29 is 4.42 Å². The zero-order valence-electron chi connectivity index (χ0n) is 9.80. The molecule has 1 N–H and O–H groups in total. The Hall–Kier alpha value is -1.56. The monoisotopic (exact) mass is 250 g/mol. The molecule has 0 saturated carbocycles. The summed E-state index contributed by atoms with van der Waals surface area (Å²) in [5.41, 5.74) is 1.13. The molecule has 0 aliphatic heterocycles. The van der Waals surface area contributed by atoms with E-state index in [0.29, 0.717) is 11.1 Å². The van der Waals surface area contributed by atoms with Crippen LogP contribution in [0.15, 0.2) is 28.0 Å². The van der Waals surface area contributed by atoms with Crippen LogP contribution in [0.25, 0.3) is 0 Å². The summed E-state index contributed by atoms with van der Waals surface area (Å²) < 4.78 is 5.30. The maximum atomic E-state index is 5.30. The predicted molar refractivity (Wildman–Crippen MR) is 67.0 cm³/mol. The van der Waals surface area contributed by atoms with Crippen molar-refractivity contribution in [1.82, 2.24) is 15.2 Å². The SMILES string of the molecule is CCNc1ncccc1CSc1nnc(C)o1. The third-order valence-corrected chi connectivity index (χ3v) is 2.96. The maximum Gasteiger partial charge on any atom is 0.276 e. The van der Waals surface area contributed by atoms with E-state index in [-0.39, 0.29) is 0 Å². The first kappa shape index (κ1) is 11.9. The lowest BCUT2D eigenvalue weighted by Gasteiger charge is -2.07. The number of hydrogen-bond acceptors (Lipinski definition) is 6. The topological polar surface area (TPSA) is 63.8 Å². The van der Waals surface area contributed by atoms with Gasteiger partial charge < -0.3 is 9.73 Å². The average Bonchev–Trinajstić information content (AvgIpc) is 2.74. The van der Waals surface area contributed by atoms with Crippen LogP contribution in [-0.2, 0) is 5.75 Å². The highest BCUT2D eigenvalue weighted by atomic mass is 32.2. The normalized spacial score (nSPS) is 10.5. The molecule has 6 heteroatoms. The number of nitrogens with one attached hydrogen (secondary N) is 1. The maximum absolute atomic E-state index is 5.30. The Kier molecular flexibility index (Phi) is 3.98. The molecule has 0 unspecified atom stereocenters. The molecule has 0 saturated heterocycles. The van der Waals surface area contributed by atoms with Crippen molar-refractivity contribution in [3.8, 4) is 0 Å². The molecule has 17 heavy (non-hydrogen) atoms. The van der Waals surface area contributed by atoms with Crippen LogP contribution in [0.2, 0.25) is 0 Å². The molecule has 2 rings (SSSR count). The molecule has 0 amide bonds. The van der Waals surface area contributed by atoms with Crippen LogP contribution in [0, 0.1) is 6.92 Å². The van der Waals surface area contributed by atoms with E-state index in [1.54, 1.807) is 13.1 Å². The molecule has 0 fully saturated rings. The molecule has 0 spiro atoms. The fourth-order valence-electron chi connectivity index (χ4n) is 1.36. The lowest BCUT2D eigenvalue weighted by molar-refractivity contribution is 0.429. The van der Waals surface area contributed by atoms with Crippen molar-refractivity contribution in [3.05, 3.63) is 29.8 Å². The van der Waals surface area contributed by atoms with E-state index in [9.17, 15) is 0 Å². The van der Waals surface area contributed by atoms with Gasteiger partial charge >= 0.3 is 0 Å². The number of pyridine rings is 1. The molecule has 2 heterocycles. The van der Waals surface area contributed by atoms with Gasteiger partial charge in [0.2, 0.25) is 5.89 Å². The van der Waals surface area contributed by atoms with E-state index in [0.717, 1.165) is 23.7 Å². The van der Waals surface area contributed by atoms with Crippen LogP contribution in [0.4, 0.5) is 5.82 Å². The van der Waals surface area contributed by atoms with Crippen LogP contribution in [0.1, 0.15) is 18.4 Å². The van der Waals surface area contributed by atoms with Gasteiger partial charge in [0.1, 0.15) is 5.82 Å². The number of thioether (sulfide) groups is 1. The summed E-state index contributed by atoms with van der Waals surface area (Å²) in [6, 6.07) is 3.97. The van der Waals surface area contributed by atoms with Crippen LogP contribution in [-0.4, -0.2) is 21.7 Å². The predicted octanol–water partition coefficient (Wildman–Crippen LogP) is 2.50. The summed E-state index contributed by atoms with van der Waals surface area (Å²) in [7, 11) is 0. The average molecular weight is 250 g/mol. The van der Waals surface area contributed by atoms with Gasteiger partial charge in [0.05, 0.1) is 0 Å². The van der Waals surface area contributed by atoms with E-state index in [1.807, 2.05) is 19.1 Å². The molecule has 0 bridgehead atoms. The van der Waals surface area contributed by atoms with Gasteiger partial charge in [0.15, 0.2) is 0 Å². The second-order valence-corrected chi connectivity index (χ2v) is 4.34. The summed E-state index contributed by atoms with van der Waals surface area (Å²) in [5, 5.41) is 11.5. The van der Waals surface area contributed by atoms with Gasteiger partial charge in [-0.3, -0.25) is 0 Å². The minimum Gasteiger partial charge on any atom is -0.416 e. The van der Waals surface area contributed by atoms with Gasteiger partial charge in [-0.25, -0.2) is 4.98 Å². The Balaban J connectivity index is 2.03. The van der Waals surface area contributed by atoms with Crippen molar-refractivity contribution in [2.75, 3.05) is 11.9 Å². The van der Waals surface area contributed by atoms with Gasteiger partial charge in [0, 0.05) is 31.0 Å². The lowest BCUT2D eigenvalue weighted by Crippen LogP contribution is -2.02. The highest BCUT2D eigenvalue weighted by Crippen LogP contribution is 2.24. The first-order chi connectivity index (χ1) is 8.29. The Morgan fingerprint density at radius 1 is 1.41 bits per heavy atom. The molecule has 0 radical (unpaired) electrons. The highest BCUT2D eigenvalue weighted by molar-refractivity contribution is 7.98. The molecular formula is C11H14N4OS. The molecule has 90 valence electrons. The second kappa shape index (κ2) is 5.67. The molecule has 0 aromatic carbocycles. The van der Waals surface area contributed by atoms with Crippen molar-refractivity contribution in [2.24, 2.45) is 0 Å². The van der Waals surface area contributed by atoms with Crippen molar-refractivity contribution in [3.63, 3.8) is 0 Å². The third kappa shape index (κ3) is 3.20. The number of aryl methyl sites for hydroxylation is 1. The van der Waals surface area contributed by atoms with Gasteiger partial charge in [0.25, 0.3) is 5.22 Å². The van der Waals surface area contributed by atoms with Gasteiger partial charge in [-0.2, -0.15) is 0 Å². The van der Waals surface area contributed by atoms with Crippen molar-refractivity contribution >= 4 is 17.6 Å². The summed E-state index contributed by atoms with van der Waals surface area (Å²) in [4.78, 5) is 4.29. The molecule has 2 aromatic heterocycles. The fourth-order valence-corrected chi connectivity index (χ4v) is 2.15. The van der Waals surface area contributed by atoms with Crippen molar-refractivity contribution in [2.45, 2.75) is 24.8 Å². The summed E-state index contributed by atoms with van der Waals surface area (Å²) in [6.45, 7) is 4.69. The smallest absolute Gasteiger partial charge is 0.276 e. The van der Waals surface area contributed by atoms with E-state index < -0.39 is 0 Å². The van der Waals surface area contributed by atoms with Crippen molar-refractivity contribution in [1.29, 1.82) is 0 Å². The lowest BCUT2D eigenvalue weighted by atomic mass is 10.3. The number of rotatable bonds is 5.